The van der Waals surface area contributed by atoms with E-state index in [0.717, 1.165) is 27.7 Å². The van der Waals surface area contributed by atoms with E-state index in [1.54, 1.807) is 6.20 Å². The fraction of sp³-hybridized carbons (Fsp3) is 0.222. The number of rotatable bonds is 4. The summed E-state index contributed by atoms with van der Waals surface area (Å²) in [5.74, 6) is -0.394. The molecule has 0 fully saturated rings. The minimum atomic E-state index is -0.513. The van der Waals surface area contributed by atoms with E-state index in [-0.39, 0.29) is 6.04 Å². The van der Waals surface area contributed by atoms with Crippen molar-refractivity contribution in [3.63, 3.8) is 0 Å². The summed E-state index contributed by atoms with van der Waals surface area (Å²) >= 11 is 0. The molecule has 118 valence electrons. The maximum Gasteiger partial charge on any atom is 0.246 e. The van der Waals surface area contributed by atoms with Gasteiger partial charge in [0.1, 0.15) is 6.61 Å². The lowest BCUT2D eigenvalue weighted by molar-refractivity contribution is -0.124. The maximum absolute atomic E-state index is 11.4. The summed E-state index contributed by atoms with van der Waals surface area (Å²) in [6.45, 7) is 3.34. The second-order valence-corrected chi connectivity index (χ2v) is 5.54. The molecule has 0 radical (unpaired) electrons. The number of nitrogens with one attached hydrogen (secondary N) is 1. The SMILES string of the molecule is Cc1c(C(C)NC(=O)CO)cnn1-c1cccc2ccccc12. The Morgan fingerprint density at radius 3 is 2.78 bits per heavy atom. The molecule has 0 aliphatic heterocycles. The van der Waals surface area contributed by atoms with Crippen LogP contribution in [0, 0.1) is 6.92 Å². The Hall–Kier alpha value is -2.66. The molecule has 3 rings (SSSR count). The first-order valence-electron chi connectivity index (χ1n) is 7.54. The van der Waals surface area contributed by atoms with Gasteiger partial charge in [0.05, 0.1) is 17.9 Å². The quantitative estimate of drug-likeness (QED) is 0.778. The molecule has 0 bridgehead atoms. The third kappa shape index (κ3) is 2.83. The van der Waals surface area contributed by atoms with Crippen molar-refractivity contribution in [3.8, 4) is 5.69 Å². The van der Waals surface area contributed by atoms with Gasteiger partial charge in [0.2, 0.25) is 5.91 Å². The number of hydrogen-bond acceptors (Lipinski definition) is 3. The van der Waals surface area contributed by atoms with E-state index in [0.29, 0.717) is 0 Å². The zero-order valence-corrected chi connectivity index (χ0v) is 13.2. The summed E-state index contributed by atoms with van der Waals surface area (Å²) in [5.41, 5.74) is 2.90. The Kier molecular flexibility index (Phi) is 4.12. The highest BCUT2D eigenvalue weighted by Gasteiger charge is 2.16. The van der Waals surface area contributed by atoms with E-state index in [2.05, 4.69) is 28.6 Å². The van der Waals surface area contributed by atoms with Gasteiger partial charge >= 0.3 is 0 Å². The van der Waals surface area contributed by atoms with E-state index in [4.69, 9.17) is 5.11 Å². The normalized spacial score (nSPS) is 12.3. The van der Waals surface area contributed by atoms with Crippen molar-refractivity contribution in [2.24, 2.45) is 0 Å². The summed E-state index contributed by atoms with van der Waals surface area (Å²) in [7, 11) is 0. The molecule has 0 spiro atoms. The summed E-state index contributed by atoms with van der Waals surface area (Å²) in [4.78, 5) is 11.4. The first kappa shape index (κ1) is 15.2. The van der Waals surface area contributed by atoms with Crippen molar-refractivity contribution < 1.29 is 9.90 Å². The summed E-state index contributed by atoms with van der Waals surface area (Å²) < 4.78 is 1.89. The lowest BCUT2D eigenvalue weighted by Gasteiger charge is -2.14. The van der Waals surface area contributed by atoms with Crippen LogP contribution in [-0.4, -0.2) is 27.4 Å². The highest BCUT2D eigenvalue weighted by molar-refractivity contribution is 5.90. The van der Waals surface area contributed by atoms with Gasteiger partial charge in [-0.05, 0) is 25.3 Å². The van der Waals surface area contributed by atoms with Crippen LogP contribution in [0.1, 0.15) is 24.2 Å². The fourth-order valence-electron chi connectivity index (χ4n) is 2.85. The Labute approximate surface area is 134 Å². The molecule has 0 saturated carbocycles. The zero-order chi connectivity index (χ0) is 16.4. The van der Waals surface area contributed by atoms with Crippen LogP contribution >= 0.6 is 0 Å². The largest absolute Gasteiger partial charge is 0.387 e. The van der Waals surface area contributed by atoms with E-state index in [1.807, 2.05) is 42.8 Å². The molecule has 1 atom stereocenters. The predicted molar refractivity (Wildman–Crippen MR) is 89.5 cm³/mol. The van der Waals surface area contributed by atoms with Crippen molar-refractivity contribution >= 4 is 16.7 Å². The zero-order valence-electron chi connectivity index (χ0n) is 13.2. The molecule has 3 aromatic rings. The Bertz CT molecular complexity index is 849. The van der Waals surface area contributed by atoms with Crippen molar-refractivity contribution in [3.05, 3.63) is 59.9 Å². The molecule has 5 heteroatoms. The van der Waals surface area contributed by atoms with E-state index in [9.17, 15) is 4.79 Å². The molecule has 1 heterocycles. The van der Waals surface area contributed by atoms with Gasteiger partial charge in [-0.25, -0.2) is 4.68 Å². The minimum Gasteiger partial charge on any atom is -0.387 e. The lowest BCUT2D eigenvalue weighted by Crippen LogP contribution is -2.29. The van der Waals surface area contributed by atoms with Gasteiger partial charge in [0.25, 0.3) is 0 Å². The molecule has 0 saturated heterocycles. The second kappa shape index (κ2) is 6.22. The molecule has 0 aliphatic carbocycles. The average molecular weight is 309 g/mol. The van der Waals surface area contributed by atoms with Crippen molar-refractivity contribution in [2.45, 2.75) is 19.9 Å². The van der Waals surface area contributed by atoms with E-state index in [1.165, 1.54) is 0 Å². The topological polar surface area (TPSA) is 67.2 Å². The Balaban J connectivity index is 2.03. The van der Waals surface area contributed by atoms with Crippen LogP contribution in [-0.2, 0) is 4.79 Å². The van der Waals surface area contributed by atoms with Gasteiger partial charge in [0.15, 0.2) is 0 Å². The Morgan fingerprint density at radius 1 is 1.26 bits per heavy atom. The molecule has 2 N–H and O–H groups in total. The van der Waals surface area contributed by atoms with E-state index < -0.39 is 12.5 Å². The number of benzene rings is 2. The fourth-order valence-corrected chi connectivity index (χ4v) is 2.85. The third-order valence-corrected chi connectivity index (χ3v) is 4.03. The van der Waals surface area contributed by atoms with Gasteiger partial charge in [-0.15, -0.1) is 0 Å². The van der Waals surface area contributed by atoms with Crippen LogP contribution in [0.3, 0.4) is 0 Å². The van der Waals surface area contributed by atoms with Gasteiger partial charge in [-0.2, -0.15) is 5.10 Å². The number of nitrogens with zero attached hydrogens (tertiary/aromatic N) is 2. The molecular formula is C18H19N3O2. The molecule has 1 unspecified atom stereocenters. The van der Waals surface area contributed by atoms with Crippen molar-refractivity contribution in [1.29, 1.82) is 0 Å². The number of aliphatic hydroxyl groups is 1. The van der Waals surface area contributed by atoms with Gasteiger partial charge in [-0.3, -0.25) is 4.79 Å². The second-order valence-electron chi connectivity index (χ2n) is 5.54. The van der Waals surface area contributed by atoms with E-state index >= 15 is 0 Å². The van der Waals surface area contributed by atoms with Crippen LogP contribution in [0.5, 0.6) is 0 Å². The number of hydrogen-bond donors (Lipinski definition) is 2. The number of carbonyl (C=O) groups is 1. The molecule has 1 aromatic heterocycles. The summed E-state index contributed by atoms with van der Waals surface area (Å²) in [6, 6.07) is 14.1. The van der Waals surface area contributed by atoms with Crippen LogP contribution in [0.25, 0.3) is 16.5 Å². The average Bonchev–Trinajstić information content (AvgIpc) is 2.95. The maximum atomic E-state index is 11.4. The number of amides is 1. The van der Waals surface area contributed by atoms with Gasteiger partial charge < -0.3 is 10.4 Å². The smallest absolute Gasteiger partial charge is 0.246 e. The molecule has 1 amide bonds. The van der Waals surface area contributed by atoms with Crippen LogP contribution in [0.2, 0.25) is 0 Å². The van der Waals surface area contributed by atoms with Gasteiger partial charge in [-0.1, -0.05) is 36.4 Å². The number of carbonyl (C=O) groups excluding carboxylic acids is 1. The lowest BCUT2D eigenvalue weighted by atomic mass is 10.1. The third-order valence-electron chi connectivity index (χ3n) is 4.03. The molecular weight excluding hydrogens is 290 g/mol. The molecule has 23 heavy (non-hydrogen) atoms. The van der Waals surface area contributed by atoms with Crippen LogP contribution < -0.4 is 5.32 Å². The first-order valence-corrected chi connectivity index (χ1v) is 7.54. The summed E-state index contributed by atoms with van der Waals surface area (Å²) in [5, 5.41) is 18.4. The monoisotopic (exact) mass is 309 g/mol. The first-order chi connectivity index (χ1) is 11.1. The number of fused-ring (bicyclic) bond motifs is 1. The van der Waals surface area contributed by atoms with Gasteiger partial charge in [0, 0.05) is 16.6 Å². The van der Waals surface area contributed by atoms with Crippen LogP contribution in [0.15, 0.2) is 48.7 Å². The standard InChI is InChI=1S/C18H19N3O2/c1-12(20-18(23)11-22)16-10-19-21(13(16)2)17-9-5-7-14-6-3-4-8-15(14)17/h3-10,12,22H,11H2,1-2H3,(H,20,23). The summed E-state index contributed by atoms with van der Waals surface area (Å²) in [6.07, 6.45) is 1.76. The van der Waals surface area contributed by atoms with Crippen molar-refractivity contribution in [2.75, 3.05) is 6.61 Å². The molecule has 5 nitrogen and oxygen atoms in total. The van der Waals surface area contributed by atoms with Crippen molar-refractivity contribution in [1.82, 2.24) is 15.1 Å². The minimum absolute atomic E-state index is 0.210. The molecule has 2 aromatic carbocycles. The predicted octanol–water partition coefficient (Wildman–Crippen LogP) is 2.50. The highest BCUT2D eigenvalue weighted by Crippen LogP contribution is 2.25. The molecule has 0 aliphatic rings. The van der Waals surface area contributed by atoms with Crippen LogP contribution in [0.4, 0.5) is 0 Å². The number of aromatic nitrogens is 2. The Morgan fingerprint density at radius 2 is 2.00 bits per heavy atom. The highest BCUT2D eigenvalue weighted by atomic mass is 16.3. The number of aliphatic hydroxyl groups excluding tert-OH is 1.